The number of carboxylic acids is 1. The van der Waals surface area contributed by atoms with E-state index in [0.717, 1.165) is 45.2 Å². The molecule has 0 bridgehead atoms. The highest BCUT2D eigenvalue weighted by Gasteiger charge is 2.35. The van der Waals surface area contributed by atoms with E-state index < -0.39 is 11.9 Å². The summed E-state index contributed by atoms with van der Waals surface area (Å²) in [5.74, 6) is -1.13. The van der Waals surface area contributed by atoms with Gasteiger partial charge in [0.25, 0.3) is 0 Å². The van der Waals surface area contributed by atoms with Crippen LogP contribution in [0.3, 0.4) is 0 Å². The third-order valence-corrected chi connectivity index (χ3v) is 4.82. The summed E-state index contributed by atoms with van der Waals surface area (Å²) in [6.45, 7) is 2.87. The SMILES string of the molecule is CN1CCC(CNC(=O)C2CCCCC2C(=O)O)CC1. The van der Waals surface area contributed by atoms with Crippen molar-refractivity contribution in [2.24, 2.45) is 17.8 Å². The van der Waals surface area contributed by atoms with Crippen LogP contribution in [0.1, 0.15) is 38.5 Å². The van der Waals surface area contributed by atoms with Crippen molar-refractivity contribution in [3.63, 3.8) is 0 Å². The van der Waals surface area contributed by atoms with Gasteiger partial charge in [-0.2, -0.15) is 0 Å². The molecule has 20 heavy (non-hydrogen) atoms. The molecule has 114 valence electrons. The van der Waals surface area contributed by atoms with E-state index in [1.54, 1.807) is 0 Å². The van der Waals surface area contributed by atoms with Crippen molar-refractivity contribution in [3.05, 3.63) is 0 Å². The Labute approximate surface area is 120 Å². The van der Waals surface area contributed by atoms with E-state index >= 15 is 0 Å². The number of carbonyl (C=O) groups is 2. The topological polar surface area (TPSA) is 69.6 Å². The van der Waals surface area contributed by atoms with Gasteiger partial charge in [0.05, 0.1) is 11.8 Å². The van der Waals surface area contributed by atoms with Crippen LogP contribution in [0.2, 0.25) is 0 Å². The van der Waals surface area contributed by atoms with Gasteiger partial charge in [-0.3, -0.25) is 9.59 Å². The van der Waals surface area contributed by atoms with Crippen LogP contribution in [0.4, 0.5) is 0 Å². The van der Waals surface area contributed by atoms with E-state index in [2.05, 4.69) is 17.3 Å². The zero-order valence-corrected chi connectivity index (χ0v) is 12.3. The van der Waals surface area contributed by atoms with Crippen LogP contribution in [0.15, 0.2) is 0 Å². The van der Waals surface area contributed by atoms with Gasteiger partial charge in [0.2, 0.25) is 5.91 Å². The average Bonchev–Trinajstić information content (AvgIpc) is 2.46. The maximum atomic E-state index is 12.2. The minimum absolute atomic E-state index is 0.0453. The number of likely N-dealkylation sites (tertiary alicyclic amines) is 1. The van der Waals surface area contributed by atoms with Crippen LogP contribution in [0.5, 0.6) is 0 Å². The summed E-state index contributed by atoms with van der Waals surface area (Å²) >= 11 is 0. The Kier molecular flexibility index (Phi) is 5.40. The lowest BCUT2D eigenvalue weighted by atomic mass is 9.78. The Hall–Kier alpha value is -1.10. The van der Waals surface area contributed by atoms with Gasteiger partial charge < -0.3 is 15.3 Å². The molecule has 2 aliphatic rings. The summed E-state index contributed by atoms with van der Waals surface area (Å²) < 4.78 is 0. The van der Waals surface area contributed by atoms with Crippen molar-refractivity contribution >= 4 is 11.9 Å². The van der Waals surface area contributed by atoms with E-state index in [1.165, 1.54) is 0 Å². The van der Waals surface area contributed by atoms with Gasteiger partial charge in [-0.25, -0.2) is 0 Å². The van der Waals surface area contributed by atoms with E-state index in [9.17, 15) is 14.7 Å². The summed E-state index contributed by atoms with van der Waals surface area (Å²) in [6, 6.07) is 0. The van der Waals surface area contributed by atoms with Crippen molar-refractivity contribution in [3.8, 4) is 0 Å². The highest BCUT2D eigenvalue weighted by Crippen LogP contribution is 2.30. The van der Waals surface area contributed by atoms with Crippen molar-refractivity contribution in [2.75, 3.05) is 26.7 Å². The molecule has 1 heterocycles. The first kappa shape index (κ1) is 15.3. The monoisotopic (exact) mass is 282 g/mol. The number of nitrogens with one attached hydrogen (secondary N) is 1. The Bertz CT molecular complexity index is 351. The molecule has 0 radical (unpaired) electrons. The fourth-order valence-corrected chi connectivity index (χ4v) is 3.38. The van der Waals surface area contributed by atoms with E-state index in [0.29, 0.717) is 18.9 Å². The third kappa shape index (κ3) is 3.95. The largest absolute Gasteiger partial charge is 0.481 e. The van der Waals surface area contributed by atoms with Crippen molar-refractivity contribution in [1.29, 1.82) is 0 Å². The molecule has 1 amide bonds. The number of aliphatic carboxylic acids is 1. The predicted molar refractivity (Wildman–Crippen MR) is 76.3 cm³/mol. The van der Waals surface area contributed by atoms with Gasteiger partial charge in [0.1, 0.15) is 0 Å². The first-order chi connectivity index (χ1) is 9.58. The van der Waals surface area contributed by atoms with Gasteiger partial charge in [-0.15, -0.1) is 0 Å². The zero-order chi connectivity index (χ0) is 14.5. The van der Waals surface area contributed by atoms with E-state index in [4.69, 9.17) is 0 Å². The molecule has 0 aromatic heterocycles. The molecule has 5 nitrogen and oxygen atoms in total. The van der Waals surface area contributed by atoms with Crippen molar-refractivity contribution in [1.82, 2.24) is 10.2 Å². The Morgan fingerprint density at radius 2 is 1.70 bits per heavy atom. The fourth-order valence-electron chi connectivity index (χ4n) is 3.38. The van der Waals surface area contributed by atoms with Crippen LogP contribution in [0.25, 0.3) is 0 Å². The molecule has 2 fully saturated rings. The van der Waals surface area contributed by atoms with Crippen LogP contribution in [0, 0.1) is 17.8 Å². The first-order valence-electron chi connectivity index (χ1n) is 7.77. The molecule has 1 aliphatic heterocycles. The predicted octanol–water partition coefficient (Wildman–Crippen LogP) is 1.34. The Morgan fingerprint density at radius 3 is 2.30 bits per heavy atom. The number of carboxylic acid groups (broad SMARTS) is 1. The standard InChI is InChI=1S/C15H26N2O3/c1-17-8-6-11(7-9-17)10-16-14(18)12-4-2-3-5-13(12)15(19)20/h11-13H,2-10H2,1H3,(H,16,18)(H,19,20). The molecule has 5 heteroatoms. The molecule has 1 aliphatic carbocycles. The second-order valence-electron chi connectivity index (χ2n) is 6.33. The molecule has 0 aromatic rings. The summed E-state index contributed by atoms with van der Waals surface area (Å²) in [7, 11) is 2.12. The number of carbonyl (C=O) groups excluding carboxylic acids is 1. The van der Waals surface area contributed by atoms with Gasteiger partial charge in [0, 0.05) is 6.54 Å². The summed E-state index contributed by atoms with van der Waals surface area (Å²) in [4.78, 5) is 25.8. The first-order valence-corrected chi connectivity index (χ1v) is 7.77. The number of piperidine rings is 1. The molecular formula is C15H26N2O3. The maximum Gasteiger partial charge on any atom is 0.307 e. The Morgan fingerprint density at radius 1 is 1.10 bits per heavy atom. The molecule has 2 atom stereocenters. The lowest BCUT2D eigenvalue weighted by Gasteiger charge is -2.31. The van der Waals surface area contributed by atoms with Crippen molar-refractivity contribution < 1.29 is 14.7 Å². The molecule has 1 saturated carbocycles. The normalized spacial score (nSPS) is 29.1. The molecule has 2 N–H and O–H groups in total. The lowest BCUT2D eigenvalue weighted by molar-refractivity contribution is -0.149. The maximum absolute atomic E-state index is 12.2. The number of hydrogen-bond acceptors (Lipinski definition) is 3. The second-order valence-corrected chi connectivity index (χ2v) is 6.33. The zero-order valence-electron chi connectivity index (χ0n) is 12.3. The number of amides is 1. The van der Waals surface area contributed by atoms with Gasteiger partial charge in [0.15, 0.2) is 0 Å². The highest BCUT2D eigenvalue weighted by molar-refractivity contribution is 5.84. The van der Waals surface area contributed by atoms with Gasteiger partial charge >= 0.3 is 5.97 Å². The number of nitrogens with zero attached hydrogens (tertiary/aromatic N) is 1. The minimum atomic E-state index is -0.816. The quantitative estimate of drug-likeness (QED) is 0.816. The molecule has 0 aromatic carbocycles. The van der Waals surface area contributed by atoms with Crippen LogP contribution < -0.4 is 5.32 Å². The minimum Gasteiger partial charge on any atom is -0.481 e. The lowest BCUT2D eigenvalue weighted by Crippen LogP contribution is -2.43. The average molecular weight is 282 g/mol. The van der Waals surface area contributed by atoms with Crippen LogP contribution in [-0.4, -0.2) is 48.6 Å². The summed E-state index contributed by atoms with van der Waals surface area (Å²) in [5.41, 5.74) is 0. The van der Waals surface area contributed by atoms with Gasteiger partial charge in [-0.05, 0) is 51.7 Å². The Balaban J connectivity index is 1.79. The summed E-state index contributed by atoms with van der Waals surface area (Å²) in [6.07, 6.45) is 5.48. The number of rotatable bonds is 4. The fraction of sp³-hybridized carbons (Fsp3) is 0.867. The number of hydrogen-bond donors (Lipinski definition) is 2. The molecule has 1 saturated heterocycles. The summed E-state index contributed by atoms with van der Waals surface area (Å²) in [5, 5.41) is 12.2. The van der Waals surface area contributed by atoms with Crippen LogP contribution >= 0.6 is 0 Å². The molecule has 2 unspecified atom stereocenters. The second kappa shape index (κ2) is 7.07. The third-order valence-electron chi connectivity index (χ3n) is 4.82. The van der Waals surface area contributed by atoms with Crippen LogP contribution in [-0.2, 0) is 9.59 Å². The van der Waals surface area contributed by atoms with Gasteiger partial charge in [-0.1, -0.05) is 12.8 Å². The molecule has 2 rings (SSSR count). The van der Waals surface area contributed by atoms with Crippen molar-refractivity contribution in [2.45, 2.75) is 38.5 Å². The molecule has 0 spiro atoms. The van der Waals surface area contributed by atoms with E-state index in [1.807, 2.05) is 0 Å². The van der Waals surface area contributed by atoms with E-state index in [-0.39, 0.29) is 11.8 Å². The highest BCUT2D eigenvalue weighted by atomic mass is 16.4. The molecular weight excluding hydrogens is 256 g/mol. The smallest absolute Gasteiger partial charge is 0.307 e.